The van der Waals surface area contributed by atoms with E-state index >= 15 is 0 Å². The summed E-state index contributed by atoms with van der Waals surface area (Å²) in [7, 11) is 4.04. The fourth-order valence-electron chi connectivity index (χ4n) is 2.95. The lowest BCUT2D eigenvalue weighted by molar-refractivity contribution is -0.192. The summed E-state index contributed by atoms with van der Waals surface area (Å²) < 4.78 is 44.7. The monoisotopic (exact) mass is 414 g/mol. The normalized spacial score (nSPS) is 14.3. The molecule has 0 spiro atoms. The van der Waals surface area contributed by atoms with Crippen molar-refractivity contribution in [3.63, 3.8) is 0 Å². The number of carbonyl (C=O) groups is 1. The largest absolute Gasteiger partial charge is 0.490 e. The van der Waals surface area contributed by atoms with Gasteiger partial charge >= 0.3 is 12.1 Å². The van der Waals surface area contributed by atoms with Crippen LogP contribution in [0, 0.1) is 5.82 Å². The second-order valence-electron chi connectivity index (χ2n) is 6.72. The molecule has 0 bridgehead atoms. The first-order valence-corrected chi connectivity index (χ1v) is 8.85. The lowest BCUT2D eigenvalue weighted by Gasteiger charge is -2.20. The van der Waals surface area contributed by atoms with Crippen molar-refractivity contribution in [2.24, 2.45) is 0 Å². The fourth-order valence-corrected chi connectivity index (χ4v) is 2.95. The number of nitrogens with zero attached hydrogens (tertiary/aromatic N) is 4. The van der Waals surface area contributed by atoms with E-state index < -0.39 is 12.1 Å². The highest BCUT2D eigenvalue weighted by atomic mass is 19.4. The van der Waals surface area contributed by atoms with Crippen LogP contribution in [-0.2, 0) is 24.2 Å². The van der Waals surface area contributed by atoms with Crippen molar-refractivity contribution < 1.29 is 27.5 Å². The van der Waals surface area contributed by atoms with Crippen LogP contribution < -0.4 is 4.90 Å². The van der Waals surface area contributed by atoms with E-state index in [-0.39, 0.29) is 5.82 Å². The molecule has 0 unspecified atom stereocenters. The van der Waals surface area contributed by atoms with Gasteiger partial charge in [-0.15, -0.1) is 0 Å². The Balaban J connectivity index is 0.000000370. The molecule has 0 saturated carbocycles. The SMILES string of the molecule is CN(C)c1ncnc2c1CCN(Cc1ccc(F)cc1)CC2.O=C(O)C(F)(F)F. The summed E-state index contributed by atoms with van der Waals surface area (Å²) in [6.45, 7) is 2.78. The zero-order chi connectivity index (χ0) is 21.6. The van der Waals surface area contributed by atoms with Gasteiger partial charge in [0.05, 0.1) is 5.69 Å². The zero-order valence-electron chi connectivity index (χ0n) is 16.1. The number of benzene rings is 1. The highest BCUT2D eigenvalue weighted by Gasteiger charge is 2.38. The lowest BCUT2D eigenvalue weighted by atomic mass is 10.1. The Bertz CT molecular complexity index is 826. The van der Waals surface area contributed by atoms with E-state index in [2.05, 4.69) is 19.8 Å². The minimum atomic E-state index is -5.08. The summed E-state index contributed by atoms with van der Waals surface area (Å²) in [6, 6.07) is 6.77. The molecular formula is C19H22F4N4O2. The first kappa shape index (κ1) is 22.5. The fraction of sp³-hybridized carbons (Fsp3) is 0.421. The lowest BCUT2D eigenvalue weighted by Crippen LogP contribution is -2.26. The van der Waals surface area contributed by atoms with Gasteiger partial charge in [-0.1, -0.05) is 12.1 Å². The summed E-state index contributed by atoms with van der Waals surface area (Å²) in [5.74, 6) is -1.92. The van der Waals surface area contributed by atoms with Crippen molar-refractivity contribution in [2.75, 3.05) is 32.1 Å². The van der Waals surface area contributed by atoms with Crippen LogP contribution in [-0.4, -0.2) is 59.3 Å². The van der Waals surface area contributed by atoms with Crippen LogP contribution in [0.2, 0.25) is 0 Å². The number of aliphatic carboxylic acids is 1. The van der Waals surface area contributed by atoms with Gasteiger partial charge in [0.25, 0.3) is 0 Å². The van der Waals surface area contributed by atoms with E-state index in [9.17, 15) is 17.6 Å². The smallest absolute Gasteiger partial charge is 0.475 e. The number of carboxylic acid groups (broad SMARTS) is 1. The number of anilines is 1. The van der Waals surface area contributed by atoms with Gasteiger partial charge in [0.15, 0.2) is 0 Å². The minimum absolute atomic E-state index is 0.182. The first-order valence-electron chi connectivity index (χ1n) is 8.85. The summed E-state index contributed by atoms with van der Waals surface area (Å²) in [6.07, 6.45) is -1.55. The van der Waals surface area contributed by atoms with Gasteiger partial charge in [-0.3, -0.25) is 4.90 Å². The van der Waals surface area contributed by atoms with Crippen molar-refractivity contribution in [1.82, 2.24) is 14.9 Å². The number of halogens is 4. The van der Waals surface area contributed by atoms with E-state index in [1.807, 2.05) is 26.2 Å². The van der Waals surface area contributed by atoms with Crippen LogP contribution in [0.1, 0.15) is 16.8 Å². The van der Waals surface area contributed by atoms with Crippen LogP contribution in [0.4, 0.5) is 23.4 Å². The van der Waals surface area contributed by atoms with Gasteiger partial charge in [0, 0.05) is 45.7 Å². The number of carboxylic acids is 1. The molecule has 1 aromatic carbocycles. The maximum absolute atomic E-state index is 13.0. The number of alkyl halides is 3. The van der Waals surface area contributed by atoms with Gasteiger partial charge < -0.3 is 10.0 Å². The second-order valence-corrected chi connectivity index (χ2v) is 6.72. The van der Waals surface area contributed by atoms with E-state index in [0.29, 0.717) is 0 Å². The van der Waals surface area contributed by atoms with Crippen molar-refractivity contribution >= 4 is 11.8 Å². The van der Waals surface area contributed by atoms with Crippen molar-refractivity contribution in [3.8, 4) is 0 Å². The van der Waals surface area contributed by atoms with Crippen LogP contribution in [0.5, 0.6) is 0 Å². The third kappa shape index (κ3) is 6.67. The topological polar surface area (TPSA) is 69.6 Å². The molecule has 1 aromatic heterocycles. The zero-order valence-corrected chi connectivity index (χ0v) is 16.1. The van der Waals surface area contributed by atoms with Gasteiger partial charge in [0.1, 0.15) is 18.0 Å². The number of fused-ring (bicyclic) bond motifs is 1. The van der Waals surface area contributed by atoms with Crippen LogP contribution >= 0.6 is 0 Å². The predicted molar refractivity (Wildman–Crippen MR) is 99.1 cm³/mol. The van der Waals surface area contributed by atoms with Gasteiger partial charge in [-0.25, -0.2) is 19.2 Å². The molecule has 3 rings (SSSR count). The van der Waals surface area contributed by atoms with Crippen molar-refractivity contribution in [2.45, 2.75) is 25.6 Å². The quantitative estimate of drug-likeness (QED) is 0.779. The van der Waals surface area contributed by atoms with Gasteiger partial charge in [-0.05, 0) is 24.1 Å². The molecule has 0 fully saturated rings. The Morgan fingerprint density at radius 3 is 2.28 bits per heavy atom. The van der Waals surface area contributed by atoms with Crippen molar-refractivity contribution in [3.05, 3.63) is 53.2 Å². The Morgan fingerprint density at radius 1 is 1.14 bits per heavy atom. The molecule has 10 heteroatoms. The Morgan fingerprint density at radius 2 is 1.72 bits per heavy atom. The summed E-state index contributed by atoms with van der Waals surface area (Å²) in [5, 5.41) is 7.12. The molecule has 0 amide bonds. The van der Waals surface area contributed by atoms with Gasteiger partial charge in [0.2, 0.25) is 0 Å². The van der Waals surface area contributed by atoms with Gasteiger partial charge in [-0.2, -0.15) is 13.2 Å². The molecule has 1 N–H and O–H groups in total. The summed E-state index contributed by atoms with van der Waals surface area (Å²) in [4.78, 5) is 22.2. The van der Waals surface area contributed by atoms with Crippen LogP contribution in [0.3, 0.4) is 0 Å². The van der Waals surface area contributed by atoms with E-state index in [4.69, 9.17) is 9.90 Å². The predicted octanol–water partition coefficient (Wildman–Crippen LogP) is 2.92. The number of rotatable bonds is 3. The first-order chi connectivity index (χ1) is 13.6. The average molecular weight is 414 g/mol. The van der Waals surface area contributed by atoms with E-state index in [1.165, 1.54) is 17.7 Å². The summed E-state index contributed by atoms with van der Waals surface area (Å²) >= 11 is 0. The molecule has 1 aliphatic heterocycles. The minimum Gasteiger partial charge on any atom is -0.475 e. The molecule has 2 heterocycles. The Kier molecular flexibility index (Phi) is 7.49. The molecule has 6 nitrogen and oxygen atoms in total. The van der Waals surface area contributed by atoms with E-state index in [0.717, 1.165) is 49.6 Å². The second kappa shape index (κ2) is 9.64. The number of aromatic nitrogens is 2. The molecular weight excluding hydrogens is 392 g/mol. The number of hydrogen-bond acceptors (Lipinski definition) is 5. The highest BCUT2D eigenvalue weighted by molar-refractivity contribution is 5.73. The summed E-state index contributed by atoms with van der Waals surface area (Å²) in [5.41, 5.74) is 3.56. The molecule has 1 aliphatic rings. The third-order valence-corrected chi connectivity index (χ3v) is 4.34. The number of hydrogen-bond donors (Lipinski definition) is 1. The molecule has 0 atom stereocenters. The molecule has 0 radical (unpaired) electrons. The Labute approximate surface area is 165 Å². The molecule has 29 heavy (non-hydrogen) atoms. The maximum atomic E-state index is 13.0. The average Bonchev–Trinajstić information content (AvgIpc) is 2.85. The van der Waals surface area contributed by atoms with Crippen LogP contribution in [0.15, 0.2) is 30.6 Å². The standard InChI is InChI=1S/C17H21FN4.C2HF3O2/c1-21(2)17-15-7-9-22(10-8-16(15)19-12-20-17)11-13-3-5-14(18)6-4-13;3-2(4,5)1(6)7/h3-6,12H,7-11H2,1-2H3;(H,6,7). The molecule has 158 valence electrons. The molecule has 2 aromatic rings. The third-order valence-electron chi connectivity index (χ3n) is 4.34. The molecule has 0 aliphatic carbocycles. The maximum Gasteiger partial charge on any atom is 0.490 e. The van der Waals surface area contributed by atoms with Crippen molar-refractivity contribution in [1.29, 1.82) is 0 Å². The highest BCUT2D eigenvalue weighted by Crippen LogP contribution is 2.22. The van der Waals surface area contributed by atoms with E-state index in [1.54, 1.807) is 6.33 Å². The Hall–Kier alpha value is -2.75. The molecule has 0 saturated heterocycles. The van der Waals surface area contributed by atoms with Crippen LogP contribution in [0.25, 0.3) is 0 Å².